The molecule has 0 amide bonds. The van der Waals surface area contributed by atoms with E-state index >= 15 is 0 Å². The molecule has 0 saturated heterocycles. The largest absolute Gasteiger partial charge is 0.497 e. The molecule has 0 bridgehead atoms. The van der Waals surface area contributed by atoms with E-state index in [1.54, 1.807) is 7.11 Å². The van der Waals surface area contributed by atoms with Gasteiger partial charge in [0.25, 0.3) is 5.56 Å². The maximum absolute atomic E-state index is 13.3. The number of ether oxygens (including phenoxy) is 1. The Labute approximate surface area is 194 Å². The second-order valence-electron chi connectivity index (χ2n) is 7.62. The van der Waals surface area contributed by atoms with Crippen molar-refractivity contribution in [3.63, 3.8) is 0 Å². The number of methoxy groups -OCH3 is 1. The van der Waals surface area contributed by atoms with E-state index in [0.717, 1.165) is 27.6 Å². The lowest BCUT2D eigenvalue weighted by Crippen LogP contribution is -2.20. The summed E-state index contributed by atoms with van der Waals surface area (Å²) < 4.78 is 5.45. The number of hydrogen-bond acceptors (Lipinski definition) is 4. The Morgan fingerprint density at radius 1 is 0.938 bits per heavy atom. The van der Waals surface area contributed by atoms with Gasteiger partial charge in [-0.1, -0.05) is 47.5 Å². The Hall–Kier alpha value is -3.28. The molecule has 3 aromatic carbocycles. The number of rotatable bonds is 4. The number of hydrogen-bond donors (Lipinski definition) is 2. The summed E-state index contributed by atoms with van der Waals surface area (Å²) in [5.74, 6) is 0.705. The van der Waals surface area contributed by atoms with Crippen molar-refractivity contribution in [2.45, 2.75) is 12.5 Å². The molecule has 0 fully saturated rings. The summed E-state index contributed by atoms with van der Waals surface area (Å²) in [5.41, 5.74) is 7.68. The van der Waals surface area contributed by atoms with E-state index in [1.165, 1.54) is 0 Å². The summed E-state index contributed by atoms with van der Waals surface area (Å²) in [4.78, 5) is 16.3. The Kier molecular flexibility index (Phi) is 5.37. The zero-order chi connectivity index (χ0) is 22.2. The number of benzene rings is 3. The van der Waals surface area contributed by atoms with E-state index in [1.807, 2.05) is 66.7 Å². The lowest BCUT2D eigenvalue weighted by Gasteiger charge is -2.14. The Bertz CT molecular complexity index is 1390. The van der Waals surface area contributed by atoms with Crippen LogP contribution in [-0.4, -0.2) is 17.8 Å². The molecule has 1 atom stereocenters. The van der Waals surface area contributed by atoms with Crippen molar-refractivity contribution in [3.8, 4) is 16.9 Å². The molecule has 5 rings (SSSR count). The highest BCUT2D eigenvalue weighted by molar-refractivity contribution is 6.31. The second-order valence-corrected chi connectivity index (χ2v) is 8.49. The highest BCUT2D eigenvalue weighted by Crippen LogP contribution is 2.35. The molecule has 1 aliphatic heterocycles. The van der Waals surface area contributed by atoms with E-state index in [9.17, 15) is 4.79 Å². The molecule has 2 N–H and O–H groups in total. The zero-order valence-corrected chi connectivity index (χ0v) is 18.7. The maximum Gasteiger partial charge on any atom is 0.258 e. The first kappa shape index (κ1) is 20.6. The van der Waals surface area contributed by atoms with Crippen LogP contribution in [0, 0.1) is 0 Å². The van der Waals surface area contributed by atoms with E-state index in [0.29, 0.717) is 33.5 Å². The third-order valence-electron chi connectivity index (χ3n) is 5.67. The zero-order valence-electron chi connectivity index (χ0n) is 17.2. The van der Waals surface area contributed by atoms with Crippen LogP contribution < -0.4 is 15.7 Å². The number of halogens is 2. The molecule has 5 nitrogen and oxygen atoms in total. The number of aromatic amines is 1. The fourth-order valence-electron chi connectivity index (χ4n) is 4.08. The Morgan fingerprint density at radius 3 is 2.31 bits per heavy atom. The van der Waals surface area contributed by atoms with Gasteiger partial charge in [-0.25, -0.2) is 0 Å². The summed E-state index contributed by atoms with van der Waals surface area (Å²) >= 11 is 12.2. The van der Waals surface area contributed by atoms with Gasteiger partial charge in [0, 0.05) is 32.9 Å². The van der Waals surface area contributed by atoms with Gasteiger partial charge in [0.2, 0.25) is 0 Å². The van der Waals surface area contributed by atoms with Crippen molar-refractivity contribution in [1.82, 2.24) is 10.4 Å². The molecule has 0 radical (unpaired) electrons. The molecule has 0 saturated carbocycles. The van der Waals surface area contributed by atoms with E-state index in [2.05, 4.69) is 15.5 Å². The molecule has 1 aromatic heterocycles. The number of pyridine rings is 1. The highest BCUT2D eigenvalue weighted by Gasteiger charge is 2.27. The van der Waals surface area contributed by atoms with E-state index in [-0.39, 0.29) is 11.6 Å². The molecule has 7 heteroatoms. The van der Waals surface area contributed by atoms with Crippen LogP contribution in [0.3, 0.4) is 0 Å². The normalized spacial score (nSPS) is 15.5. The predicted molar refractivity (Wildman–Crippen MR) is 130 cm³/mol. The van der Waals surface area contributed by atoms with Crippen LogP contribution in [0.5, 0.6) is 5.75 Å². The molecule has 2 heterocycles. The lowest BCUT2D eigenvalue weighted by atomic mass is 9.91. The van der Waals surface area contributed by atoms with Crippen LogP contribution >= 0.6 is 23.2 Å². The first-order valence-electron chi connectivity index (χ1n) is 10.1. The topological polar surface area (TPSA) is 66.5 Å². The van der Waals surface area contributed by atoms with Crippen LogP contribution in [-0.2, 0) is 0 Å². The summed E-state index contributed by atoms with van der Waals surface area (Å²) in [6, 6.07) is 20.7. The maximum atomic E-state index is 13.3. The van der Waals surface area contributed by atoms with E-state index in [4.69, 9.17) is 27.9 Å². The first-order chi connectivity index (χ1) is 15.5. The molecule has 32 heavy (non-hydrogen) atoms. The minimum absolute atomic E-state index is 0.0410. The molecule has 0 aliphatic carbocycles. The molecule has 4 aromatic rings. The van der Waals surface area contributed by atoms with Gasteiger partial charge in [-0.3, -0.25) is 4.79 Å². The summed E-state index contributed by atoms with van der Waals surface area (Å²) in [7, 11) is 1.62. The minimum Gasteiger partial charge on any atom is -0.497 e. The molecule has 0 spiro atoms. The van der Waals surface area contributed by atoms with Crippen molar-refractivity contribution in [2.24, 2.45) is 5.10 Å². The van der Waals surface area contributed by atoms with Crippen LogP contribution in [0.1, 0.15) is 23.6 Å². The average Bonchev–Trinajstić information content (AvgIpc) is 3.29. The van der Waals surface area contributed by atoms with Crippen LogP contribution in [0.2, 0.25) is 10.0 Å². The number of H-pyrrole nitrogens is 1. The minimum atomic E-state index is -0.190. The number of nitrogens with zero attached hydrogens (tertiary/aromatic N) is 1. The molecule has 0 unspecified atom stereocenters. The van der Waals surface area contributed by atoms with Crippen LogP contribution in [0.15, 0.2) is 76.6 Å². The van der Waals surface area contributed by atoms with Gasteiger partial charge in [0.15, 0.2) is 0 Å². The van der Waals surface area contributed by atoms with Crippen LogP contribution in [0.25, 0.3) is 22.0 Å². The van der Waals surface area contributed by atoms with Gasteiger partial charge in [0.05, 0.1) is 24.4 Å². The number of fused-ring (bicyclic) bond motifs is 1. The Balaban J connectivity index is 1.68. The van der Waals surface area contributed by atoms with Crippen molar-refractivity contribution >= 4 is 39.8 Å². The highest BCUT2D eigenvalue weighted by atomic mass is 35.5. The smallest absolute Gasteiger partial charge is 0.258 e. The lowest BCUT2D eigenvalue weighted by molar-refractivity contribution is 0.415. The predicted octanol–water partition coefficient (Wildman–Crippen LogP) is 5.95. The van der Waals surface area contributed by atoms with Gasteiger partial charge < -0.3 is 15.1 Å². The van der Waals surface area contributed by atoms with Gasteiger partial charge in [0.1, 0.15) is 5.75 Å². The monoisotopic (exact) mass is 463 g/mol. The van der Waals surface area contributed by atoms with Crippen molar-refractivity contribution < 1.29 is 4.74 Å². The molecular formula is C25H19Cl2N3O2. The third-order valence-corrected chi connectivity index (χ3v) is 6.17. The average molecular weight is 464 g/mol. The Morgan fingerprint density at radius 2 is 1.62 bits per heavy atom. The summed E-state index contributed by atoms with van der Waals surface area (Å²) in [6.45, 7) is 0. The van der Waals surface area contributed by atoms with Gasteiger partial charge in [-0.15, -0.1) is 0 Å². The van der Waals surface area contributed by atoms with Crippen molar-refractivity contribution in [3.05, 3.63) is 98.3 Å². The SMILES string of the molecule is COc1ccc2[nH]c(=O)c(C3=NN[C@@H](c4ccc(Cl)cc4)C3)c(-c3ccc(Cl)cc3)c2c1. The third kappa shape index (κ3) is 3.74. The summed E-state index contributed by atoms with van der Waals surface area (Å²) in [5, 5.41) is 6.74. The van der Waals surface area contributed by atoms with E-state index < -0.39 is 0 Å². The van der Waals surface area contributed by atoms with Gasteiger partial charge in [-0.05, 0) is 53.6 Å². The second kappa shape index (κ2) is 8.34. The van der Waals surface area contributed by atoms with Crippen molar-refractivity contribution in [1.29, 1.82) is 0 Å². The number of aromatic nitrogens is 1. The number of nitrogens with one attached hydrogen (secondary N) is 2. The first-order valence-corrected chi connectivity index (χ1v) is 10.9. The quantitative estimate of drug-likeness (QED) is 0.392. The summed E-state index contributed by atoms with van der Waals surface area (Å²) in [6.07, 6.45) is 0.570. The van der Waals surface area contributed by atoms with Crippen LogP contribution in [0.4, 0.5) is 0 Å². The molecule has 160 valence electrons. The fraction of sp³-hybridized carbons (Fsp3) is 0.120. The number of hydrazone groups is 1. The molecule has 1 aliphatic rings. The van der Waals surface area contributed by atoms with Crippen molar-refractivity contribution in [2.75, 3.05) is 7.11 Å². The standard InChI is InChI=1S/C25H19Cl2N3O2/c1-32-18-10-11-20-19(12-18)23(15-4-8-17(27)9-5-15)24(25(31)28-20)22-13-21(29-30-22)14-2-6-16(26)7-3-14/h2-12,21,29H,13H2,1H3,(H,28,31)/t21-/m1/s1. The van der Waals surface area contributed by atoms with Gasteiger partial charge >= 0.3 is 0 Å². The molecular weight excluding hydrogens is 445 g/mol. The van der Waals surface area contributed by atoms with Gasteiger partial charge in [-0.2, -0.15) is 5.10 Å². The fourth-order valence-corrected chi connectivity index (χ4v) is 4.33.